The quantitative estimate of drug-likeness (QED) is 0.384. The van der Waals surface area contributed by atoms with Crippen molar-refractivity contribution in [1.82, 2.24) is 14.4 Å². The molecule has 0 atom stereocenters. The Morgan fingerprint density at radius 2 is 1.88 bits per heavy atom. The summed E-state index contributed by atoms with van der Waals surface area (Å²) in [5.74, 6) is 1.61. The molecule has 5 aromatic rings. The number of carbonyl (C=O) groups excluding carboxylic acids is 1. The van der Waals surface area contributed by atoms with Crippen LogP contribution >= 0.6 is 0 Å². The highest BCUT2D eigenvalue weighted by atomic mass is 16.5. The van der Waals surface area contributed by atoms with Gasteiger partial charge in [0.1, 0.15) is 23.8 Å². The molecule has 7 heteroatoms. The molecule has 0 radical (unpaired) electrons. The number of pyridine rings is 1. The van der Waals surface area contributed by atoms with E-state index in [1.807, 2.05) is 90.4 Å². The van der Waals surface area contributed by atoms with E-state index in [-0.39, 0.29) is 12.3 Å². The van der Waals surface area contributed by atoms with Crippen molar-refractivity contribution < 1.29 is 13.9 Å². The lowest BCUT2D eigenvalue weighted by Crippen LogP contribution is -2.15. The van der Waals surface area contributed by atoms with Crippen LogP contribution in [0.2, 0.25) is 0 Å². The van der Waals surface area contributed by atoms with Crippen LogP contribution < -0.4 is 10.1 Å². The second-order valence-corrected chi connectivity index (χ2v) is 7.63. The molecule has 0 aliphatic rings. The third kappa shape index (κ3) is 4.77. The number of imidazole rings is 1. The smallest absolute Gasteiger partial charge is 0.230 e. The Bertz CT molecular complexity index is 1370. The fourth-order valence-corrected chi connectivity index (χ4v) is 3.53. The summed E-state index contributed by atoms with van der Waals surface area (Å²) in [6.45, 7) is 2.15. The molecule has 2 aromatic carbocycles. The molecular formula is C26H22N4O3. The monoisotopic (exact) mass is 438 g/mol. The first-order chi connectivity index (χ1) is 16.1. The van der Waals surface area contributed by atoms with Gasteiger partial charge >= 0.3 is 0 Å². The molecule has 0 aliphatic heterocycles. The van der Waals surface area contributed by atoms with Crippen molar-refractivity contribution >= 4 is 17.2 Å². The Hall–Kier alpha value is -4.39. The maximum atomic E-state index is 12.6. The number of rotatable bonds is 7. The normalized spacial score (nSPS) is 10.9. The minimum absolute atomic E-state index is 0.120. The molecule has 0 bridgehead atoms. The molecule has 0 unspecified atom stereocenters. The van der Waals surface area contributed by atoms with Gasteiger partial charge in [-0.15, -0.1) is 0 Å². The highest BCUT2D eigenvalue weighted by Gasteiger charge is 2.15. The van der Waals surface area contributed by atoms with E-state index in [2.05, 4.69) is 15.3 Å². The number of hydrogen-bond donors (Lipinski definition) is 1. The first-order valence-corrected chi connectivity index (χ1v) is 10.6. The molecule has 1 amide bonds. The summed E-state index contributed by atoms with van der Waals surface area (Å²) in [5, 5.41) is 2.91. The van der Waals surface area contributed by atoms with Crippen molar-refractivity contribution in [3.05, 3.63) is 102 Å². The second kappa shape index (κ2) is 9.00. The summed E-state index contributed by atoms with van der Waals surface area (Å²) in [6, 6.07) is 22.8. The first-order valence-electron chi connectivity index (χ1n) is 10.6. The lowest BCUT2D eigenvalue weighted by atomic mass is 10.2. The molecule has 0 aliphatic carbocycles. The number of fused-ring (bicyclic) bond motifs is 1. The Kier molecular flexibility index (Phi) is 5.59. The number of nitrogens with one attached hydrogen (secondary N) is 1. The molecule has 0 saturated heterocycles. The maximum Gasteiger partial charge on any atom is 0.230 e. The number of ether oxygens (including phenoxy) is 1. The van der Waals surface area contributed by atoms with Crippen LogP contribution in [-0.2, 0) is 17.8 Å². The van der Waals surface area contributed by atoms with Gasteiger partial charge in [-0.1, -0.05) is 30.3 Å². The van der Waals surface area contributed by atoms with Crippen molar-refractivity contribution in [2.75, 3.05) is 5.32 Å². The summed E-state index contributed by atoms with van der Waals surface area (Å²) < 4.78 is 13.6. The lowest BCUT2D eigenvalue weighted by molar-refractivity contribution is -0.115. The standard InChI is InChI=1S/C26H22N4O3/c1-18-23(29-26(33-18)19-8-3-2-4-9-19)15-25(31)28-20-10-7-11-22(14-20)32-17-21-16-30-13-6-5-12-24(30)27-21/h2-14,16H,15,17H2,1H3,(H,28,31). The van der Waals surface area contributed by atoms with E-state index in [1.165, 1.54) is 0 Å². The van der Waals surface area contributed by atoms with E-state index in [4.69, 9.17) is 9.15 Å². The van der Waals surface area contributed by atoms with Crippen LogP contribution in [0.4, 0.5) is 5.69 Å². The number of aryl methyl sites for hydroxylation is 1. The Morgan fingerprint density at radius 1 is 1.03 bits per heavy atom. The van der Waals surface area contributed by atoms with Crippen LogP contribution in [0, 0.1) is 6.92 Å². The third-order valence-corrected chi connectivity index (χ3v) is 5.16. The van der Waals surface area contributed by atoms with E-state index in [9.17, 15) is 4.79 Å². The highest BCUT2D eigenvalue weighted by Crippen LogP contribution is 2.23. The van der Waals surface area contributed by atoms with Crippen LogP contribution in [0.3, 0.4) is 0 Å². The van der Waals surface area contributed by atoms with Gasteiger partial charge in [0.2, 0.25) is 11.8 Å². The lowest BCUT2D eigenvalue weighted by Gasteiger charge is -2.08. The van der Waals surface area contributed by atoms with Crippen LogP contribution in [0.5, 0.6) is 5.75 Å². The molecule has 164 valence electrons. The van der Waals surface area contributed by atoms with E-state index >= 15 is 0 Å². The van der Waals surface area contributed by atoms with Gasteiger partial charge in [-0.25, -0.2) is 9.97 Å². The summed E-state index contributed by atoms with van der Waals surface area (Å²) in [5.41, 5.74) is 3.84. The summed E-state index contributed by atoms with van der Waals surface area (Å²) in [7, 11) is 0. The molecule has 0 saturated carbocycles. The number of amides is 1. The van der Waals surface area contributed by atoms with Crippen LogP contribution in [0.15, 0.2) is 89.6 Å². The van der Waals surface area contributed by atoms with Crippen LogP contribution in [0.25, 0.3) is 17.1 Å². The molecule has 7 nitrogen and oxygen atoms in total. The van der Waals surface area contributed by atoms with Gasteiger partial charge in [0.25, 0.3) is 0 Å². The third-order valence-electron chi connectivity index (χ3n) is 5.16. The fraction of sp³-hybridized carbons (Fsp3) is 0.115. The maximum absolute atomic E-state index is 12.6. The van der Waals surface area contributed by atoms with Crippen molar-refractivity contribution in [2.45, 2.75) is 20.0 Å². The first kappa shape index (κ1) is 20.5. The Labute approximate surface area is 190 Å². The minimum atomic E-state index is -0.177. The van der Waals surface area contributed by atoms with E-state index < -0.39 is 0 Å². The number of oxazole rings is 1. The van der Waals surface area contributed by atoms with Gasteiger partial charge in [-0.2, -0.15) is 0 Å². The topological polar surface area (TPSA) is 81.7 Å². The van der Waals surface area contributed by atoms with Crippen LogP contribution in [-0.4, -0.2) is 20.3 Å². The number of anilines is 1. The molecule has 0 fully saturated rings. The molecule has 0 spiro atoms. The van der Waals surface area contributed by atoms with Gasteiger partial charge in [0, 0.05) is 29.7 Å². The zero-order valence-electron chi connectivity index (χ0n) is 18.1. The fourth-order valence-electron chi connectivity index (χ4n) is 3.53. The number of carbonyl (C=O) groups is 1. The number of aromatic nitrogens is 3. The molecule has 1 N–H and O–H groups in total. The van der Waals surface area contributed by atoms with Crippen molar-refractivity contribution in [3.8, 4) is 17.2 Å². The molecular weight excluding hydrogens is 416 g/mol. The van der Waals surface area contributed by atoms with Gasteiger partial charge in [0.15, 0.2) is 0 Å². The average Bonchev–Trinajstić information content (AvgIpc) is 3.41. The van der Waals surface area contributed by atoms with Gasteiger partial charge in [-0.05, 0) is 43.3 Å². The number of benzene rings is 2. The van der Waals surface area contributed by atoms with E-state index in [0.717, 1.165) is 16.9 Å². The van der Waals surface area contributed by atoms with Crippen molar-refractivity contribution in [2.24, 2.45) is 0 Å². The Balaban J connectivity index is 1.21. The highest BCUT2D eigenvalue weighted by molar-refractivity contribution is 5.92. The minimum Gasteiger partial charge on any atom is -0.487 e. The van der Waals surface area contributed by atoms with E-state index in [1.54, 1.807) is 6.07 Å². The van der Waals surface area contributed by atoms with Crippen molar-refractivity contribution in [1.29, 1.82) is 0 Å². The number of hydrogen-bond acceptors (Lipinski definition) is 5. The molecule has 33 heavy (non-hydrogen) atoms. The predicted molar refractivity (Wildman–Crippen MR) is 125 cm³/mol. The molecule has 3 aromatic heterocycles. The average molecular weight is 438 g/mol. The van der Waals surface area contributed by atoms with Crippen molar-refractivity contribution in [3.63, 3.8) is 0 Å². The number of nitrogens with zero attached hydrogens (tertiary/aromatic N) is 3. The molecule has 3 heterocycles. The Morgan fingerprint density at radius 3 is 2.73 bits per heavy atom. The van der Waals surface area contributed by atoms with Gasteiger partial charge in [-0.3, -0.25) is 4.79 Å². The summed E-state index contributed by atoms with van der Waals surface area (Å²) >= 11 is 0. The zero-order chi connectivity index (χ0) is 22.6. The van der Waals surface area contributed by atoms with Crippen LogP contribution in [0.1, 0.15) is 17.1 Å². The SMILES string of the molecule is Cc1oc(-c2ccccc2)nc1CC(=O)Nc1cccc(OCc2cn3ccccc3n2)c1. The van der Waals surface area contributed by atoms with E-state index in [0.29, 0.717) is 35.4 Å². The van der Waals surface area contributed by atoms with Gasteiger partial charge in [0.05, 0.1) is 17.8 Å². The van der Waals surface area contributed by atoms with Gasteiger partial charge < -0.3 is 18.9 Å². The zero-order valence-corrected chi connectivity index (χ0v) is 18.1. The largest absolute Gasteiger partial charge is 0.487 e. The molecule has 5 rings (SSSR count). The second-order valence-electron chi connectivity index (χ2n) is 7.63. The predicted octanol–water partition coefficient (Wildman–Crippen LogP) is 5.06. The summed E-state index contributed by atoms with van der Waals surface area (Å²) in [4.78, 5) is 21.7. The summed E-state index contributed by atoms with van der Waals surface area (Å²) in [6.07, 6.45) is 4.00.